The summed E-state index contributed by atoms with van der Waals surface area (Å²) < 4.78 is 5.19. The van der Waals surface area contributed by atoms with Gasteiger partial charge in [0.15, 0.2) is 0 Å². The summed E-state index contributed by atoms with van der Waals surface area (Å²) in [7, 11) is 1.41. The van der Waals surface area contributed by atoms with E-state index in [1.54, 1.807) is 20.8 Å². The molecule has 0 aromatic heterocycles. The summed E-state index contributed by atoms with van der Waals surface area (Å²) in [5.41, 5.74) is 13.2. The molecule has 0 radical (unpaired) electrons. The third kappa shape index (κ3) is 6.02. The number of carbonyl (C=O) groups is 4. The lowest BCUT2D eigenvalue weighted by Gasteiger charge is -2.28. The lowest BCUT2D eigenvalue weighted by molar-refractivity contribution is -0.138. The smallest absolute Gasteiger partial charge is 0.410 e. The molecule has 0 bridgehead atoms. The normalized spacial score (nSPS) is 20.0. The van der Waals surface area contributed by atoms with Crippen molar-refractivity contribution in [3.05, 3.63) is 10.4 Å². The molecule has 1 heterocycles. The molecule has 0 unspecified atom stereocenters. The molecular formula is C16H27N7O5. The van der Waals surface area contributed by atoms with Crippen molar-refractivity contribution < 1.29 is 23.9 Å². The van der Waals surface area contributed by atoms with Crippen LogP contribution in [-0.2, 0) is 19.1 Å². The second kappa shape index (κ2) is 9.27. The second-order valence-electron chi connectivity index (χ2n) is 7.48. The van der Waals surface area contributed by atoms with Crippen LogP contribution in [0.15, 0.2) is 5.11 Å². The first-order valence-corrected chi connectivity index (χ1v) is 8.75. The monoisotopic (exact) mass is 397 g/mol. The number of primary amides is 1. The van der Waals surface area contributed by atoms with Crippen LogP contribution in [0.3, 0.4) is 0 Å². The maximum atomic E-state index is 12.4. The SMILES string of the molecule is C[C@@H](C(=O)NCC(=O)N1CC[C@@H](N=[N+]=[N-])[C@H]1C(N)=O)N(C)C(=O)OC(C)(C)C. The zero-order valence-electron chi connectivity index (χ0n) is 16.7. The summed E-state index contributed by atoms with van der Waals surface area (Å²) in [4.78, 5) is 53.3. The third-order valence-electron chi connectivity index (χ3n) is 4.23. The van der Waals surface area contributed by atoms with Gasteiger partial charge in [-0.1, -0.05) is 5.11 Å². The summed E-state index contributed by atoms with van der Waals surface area (Å²) in [5.74, 6) is -1.89. The molecule has 0 aromatic rings. The fourth-order valence-corrected chi connectivity index (χ4v) is 2.67. The number of rotatable bonds is 6. The summed E-state index contributed by atoms with van der Waals surface area (Å²) >= 11 is 0. The van der Waals surface area contributed by atoms with Crippen LogP contribution in [-0.4, -0.2) is 77.5 Å². The van der Waals surface area contributed by atoms with Gasteiger partial charge in [0.2, 0.25) is 17.7 Å². The summed E-state index contributed by atoms with van der Waals surface area (Å²) in [6, 6.07) is -2.68. The summed E-state index contributed by atoms with van der Waals surface area (Å²) in [6.07, 6.45) is -0.373. The molecule has 3 atom stereocenters. The van der Waals surface area contributed by atoms with Crippen LogP contribution in [0.4, 0.5) is 4.79 Å². The summed E-state index contributed by atoms with van der Waals surface area (Å²) in [5, 5.41) is 5.92. The standard InChI is InChI=1S/C16H27N7O5/c1-9(22(5)15(27)28-16(2,3)4)14(26)19-8-11(24)23-7-6-10(20-21-18)12(23)13(17)25/h9-10,12H,6-8H2,1-5H3,(H2,17,25)(H,19,26)/t9-,10+,12-/m0/s1. The number of carbonyl (C=O) groups excluding carboxylic acids is 4. The molecule has 1 saturated heterocycles. The van der Waals surface area contributed by atoms with E-state index in [0.717, 1.165) is 4.90 Å². The van der Waals surface area contributed by atoms with Crippen molar-refractivity contribution in [2.45, 2.75) is 57.8 Å². The minimum absolute atomic E-state index is 0.180. The van der Waals surface area contributed by atoms with E-state index in [1.807, 2.05) is 0 Å². The molecule has 0 aliphatic carbocycles. The predicted molar refractivity (Wildman–Crippen MR) is 98.7 cm³/mol. The molecule has 1 fully saturated rings. The highest BCUT2D eigenvalue weighted by atomic mass is 16.6. The van der Waals surface area contributed by atoms with Gasteiger partial charge in [-0.15, -0.1) is 0 Å². The number of amides is 4. The van der Waals surface area contributed by atoms with E-state index in [-0.39, 0.29) is 6.54 Å². The Morgan fingerprint density at radius 2 is 2.00 bits per heavy atom. The van der Waals surface area contributed by atoms with Gasteiger partial charge in [0.25, 0.3) is 0 Å². The molecule has 1 aliphatic rings. The molecule has 1 rings (SSSR count). The first-order valence-electron chi connectivity index (χ1n) is 8.75. The number of ether oxygens (including phenoxy) is 1. The Bertz CT molecular complexity index is 683. The van der Waals surface area contributed by atoms with Crippen molar-refractivity contribution >= 4 is 23.8 Å². The van der Waals surface area contributed by atoms with Crippen LogP contribution in [0.5, 0.6) is 0 Å². The topological polar surface area (TPSA) is 171 Å². The lowest BCUT2D eigenvalue weighted by Crippen LogP contribution is -2.52. The fourth-order valence-electron chi connectivity index (χ4n) is 2.67. The van der Waals surface area contributed by atoms with E-state index < -0.39 is 54.1 Å². The number of nitrogens with zero attached hydrogens (tertiary/aromatic N) is 5. The van der Waals surface area contributed by atoms with Crippen molar-refractivity contribution in [3.8, 4) is 0 Å². The second-order valence-corrected chi connectivity index (χ2v) is 7.48. The highest BCUT2D eigenvalue weighted by Crippen LogP contribution is 2.21. The molecule has 28 heavy (non-hydrogen) atoms. The Kier molecular flexibility index (Phi) is 7.62. The van der Waals surface area contributed by atoms with E-state index in [0.29, 0.717) is 6.42 Å². The van der Waals surface area contributed by atoms with Gasteiger partial charge in [-0.3, -0.25) is 19.3 Å². The van der Waals surface area contributed by atoms with Gasteiger partial charge >= 0.3 is 6.09 Å². The van der Waals surface area contributed by atoms with Gasteiger partial charge in [0, 0.05) is 18.5 Å². The fraction of sp³-hybridized carbons (Fsp3) is 0.750. The number of nitrogens with two attached hydrogens (primary N) is 1. The van der Waals surface area contributed by atoms with Gasteiger partial charge < -0.3 is 20.7 Å². The Balaban J connectivity index is 2.66. The molecule has 12 nitrogen and oxygen atoms in total. The van der Waals surface area contributed by atoms with Crippen molar-refractivity contribution in [1.29, 1.82) is 0 Å². The zero-order valence-corrected chi connectivity index (χ0v) is 16.7. The van der Waals surface area contributed by atoms with E-state index in [1.165, 1.54) is 18.9 Å². The maximum Gasteiger partial charge on any atom is 0.410 e. The predicted octanol–water partition coefficient (Wildman–Crippen LogP) is 0.123. The van der Waals surface area contributed by atoms with Crippen LogP contribution in [0, 0.1) is 0 Å². The number of hydrogen-bond donors (Lipinski definition) is 2. The minimum Gasteiger partial charge on any atom is -0.444 e. The number of likely N-dealkylation sites (tertiary alicyclic amines) is 1. The molecule has 0 aromatic carbocycles. The molecule has 4 amide bonds. The van der Waals surface area contributed by atoms with Crippen molar-refractivity contribution in [2.24, 2.45) is 10.8 Å². The molecule has 3 N–H and O–H groups in total. The molecule has 12 heteroatoms. The molecule has 0 saturated carbocycles. The number of likely N-dealkylation sites (N-methyl/N-ethyl adjacent to an activating group) is 1. The third-order valence-corrected chi connectivity index (χ3v) is 4.23. The van der Waals surface area contributed by atoms with Crippen LogP contribution >= 0.6 is 0 Å². The van der Waals surface area contributed by atoms with Gasteiger partial charge in [0.1, 0.15) is 17.7 Å². The van der Waals surface area contributed by atoms with Crippen molar-refractivity contribution in [3.63, 3.8) is 0 Å². The van der Waals surface area contributed by atoms with E-state index in [4.69, 9.17) is 16.0 Å². The zero-order chi connectivity index (χ0) is 21.6. The van der Waals surface area contributed by atoms with Gasteiger partial charge in [0.05, 0.1) is 12.6 Å². The highest BCUT2D eigenvalue weighted by Gasteiger charge is 2.40. The molecule has 0 spiro atoms. The lowest BCUT2D eigenvalue weighted by atomic mass is 10.1. The van der Waals surface area contributed by atoms with E-state index in [2.05, 4.69) is 15.3 Å². The highest BCUT2D eigenvalue weighted by molar-refractivity contribution is 5.92. The van der Waals surface area contributed by atoms with E-state index in [9.17, 15) is 19.2 Å². The van der Waals surface area contributed by atoms with Crippen LogP contribution in [0.1, 0.15) is 34.1 Å². The van der Waals surface area contributed by atoms with Crippen LogP contribution in [0.25, 0.3) is 10.4 Å². The maximum absolute atomic E-state index is 12.4. The Morgan fingerprint density at radius 1 is 1.39 bits per heavy atom. The Labute approximate surface area is 163 Å². The average molecular weight is 397 g/mol. The molecule has 156 valence electrons. The number of hydrogen-bond acceptors (Lipinski definition) is 6. The van der Waals surface area contributed by atoms with Crippen molar-refractivity contribution in [1.82, 2.24) is 15.1 Å². The molecular weight excluding hydrogens is 370 g/mol. The van der Waals surface area contributed by atoms with Crippen LogP contribution in [0.2, 0.25) is 0 Å². The quantitative estimate of drug-likeness (QED) is 0.368. The van der Waals surface area contributed by atoms with Gasteiger partial charge in [-0.2, -0.15) is 0 Å². The Hall–Kier alpha value is -3.01. The van der Waals surface area contributed by atoms with Crippen molar-refractivity contribution in [2.75, 3.05) is 20.1 Å². The average Bonchev–Trinajstić information content (AvgIpc) is 3.00. The first kappa shape index (κ1) is 23.0. The van der Waals surface area contributed by atoms with Gasteiger partial charge in [-0.25, -0.2) is 4.79 Å². The number of azide groups is 1. The summed E-state index contributed by atoms with van der Waals surface area (Å²) in [6.45, 7) is 6.39. The minimum atomic E-state index is -1.05. The first-order chi connectivity index (χ1) is 12.9. The van der Waals surface area contributed by atoms with Crippen LogP contribution < -0.4 is 11.1 Å². The molecule has 1 aliphatic heterocycles. The Morgan fingerprint density at radius 3 is 2.50 bits per heavy atom. The van der Waals surface area contributed by atoms with Gasteiger partial charge in [-0.05, 0) is 39.6 Å². The van der Waals surface area contributed by atoms with E-state index >= 15 is 0 Å². The largest absolute Gasteiger partial charge is 0.444 e. The number of nitrogens with one attached hydrogen (secondary N) is 1.